The lowest BCUT2D eigenvalue weighted by Gasteiger charge is -2.34. The highest BCUT2D eigenvalue weighted by atomic mass is 32.2. The molecule has 6 nitrogen and oxygen atoms in total. The maximum atomic E-state index is 12.3. The van der Waals surface area contributed by atoms with E-state index in [1.165, 1.54) is 31.0 Å². The van der Waals surface area contributed by atoms with Gasteiger partial charge in [0, 0.05) is 37.8 Å². The Labute approximate surface area is 194 Å². The molecule has 3 aromatic rings. The molecule has 1 amide bonds. The molecule has 0 spiro atoms. The summed E-state index contributed by atoms with van der Waals surface area (Å²) in [5, 5.41) is 0.717. The first-order valence-corrected chi connectivity index (χ1v) is 12.2. The van der Waals surface area contributed by atoms with Crippen LogP contribution < -0.4 is 4.90 Å². The molecule has 0 radical (unpaired) electrons. The summed E-state index contributed by atoms with van der Waals surface area (Å²) in [5.74, 6) is 2.55. The summed E-state index contributed by atoms with van der Waals surface area (Å²) in [6.07, 6.45) is 3.64. The zero-order chi connectivity index (χ0) is 22.5. The van der Waals surface area contributed by atoms with Gasteiger partial charge in [0.1, 0.15) is 11.6 Å². The average Bonchev–Trinajstić information content (AvgIpc) is 3.31. The van der Waals surface area contributed by atoms with Crippen LogP contribution in [0.5, 0.6) is 0 Å². The fraction of sp³-hybridized carbons (Fsp3) is 0.400. The Bertz CT molecular complexity index is 1050. The monoisotopic (exact) mass is 450 g/mol. The van der Waals surface area contributed by atoms with E-state index in [1.54, 1.807) is 18.0 Å². The first-order valence-electron chi connectivity index (χ1n) is 11.2. The van der Waals surface area contributed by atoms with Gasteiger partial charge < -0.3 is 14.2 Å². The van der Waals surface area contributed by atoms with Crippen molar-refractivity contribution in [3.8, 4) is 11.3 Å². The lowest BCUT2D eigenvalue weighted by atomic mass is 10.0. The number of carbonyl (C=O) groups excluding carboxylic acids is 1. The summed E-state index contributed by atoms with van der Waals surface area (Å²) in [4.78, 5) is 26.1. The fourth-order valence-corrected chi connectivity index (χ4v) is 4.61. The summed E-state index contributed by atoms with van der Waals surface area (Å²) in [5.41, 5.74) is 2.01. The number of benzene rings is 1. The zero-order valence-corrected chi connectivity index (χ0v) is 19.8. The summed E-state index contributed by atoms with van der Waals surface area (Å²) in [7, 11) is 1.77. The third-order valence-electron chi connectivity index (χ3n) is 5.90. The molecule has 1 unspecified atom stereocenters. The maximum absolute atomic E-state index is 12.3. The second-order valence-electron chi connectivity index (χ2n) is 8.17. The van der Waals surface area contributed by atoms with E-state index in [-0.39, 0.29) is 5.91 Å². The normalized spacial score (nSPS) is 16.2. The van der Waals surface area contributed by atoms with E-state index >= 15 is 0 Å². The highest BCUT2D eigenvalue weighted by Crippen LogP contribution is 2.30. The molecule has 0 bridgehead atoms. The van der Waals surface area contributed by atoms with Gasteiger partial charge in [-0.3, -0.25) is 4.79 Å². The van der Waals surface area contributed by atoms with Gasteiger partial charge in [-0.25, -0.2) is 9.97 Å². The van der Waals surface area contributed by atoms with Crippen LogP contribution in [0.3, 0.4) is 0 Å². The summed E-state index contributed by atoms with van der Waals surface area (Å²) in [6.45, 7) is 5.87. The van der Waals surface area contributed by atoms with E-state index in [2.05, 4.69) is 30.0 Å². The van der Waals surface area contributed by atoms with Crippen LogP contribution in [0, 0.1) is 0 Å². The molecule has 3 heterocycles. The van der Waals surface area contributed by atoms with E-state index in [4.69, 9.17) is 14.4 Å². The summed E-state index contributed by atoms with van der Waals surface area (Å²) < 4.78 is 5.79. The van der Waals surface area contributed by atoms with E-state index in [0.29, 0.717) is 29.3 Å². The number of anilines is 1. The molecule has 1 aliphatic rings. The first kappa shape index (κ1) is 22.4. The number of thioether (sulfide) groups is 1. The van der Waals surface area contributed by atoms with Gasteiger partial charge in [-0.2, -0.15) is 0 Å². The Morgan fingerprint density at radius 1 is 1.19 bits per heavy atom. The predicted molar refractivity (Wildman–Crippen MR) is 129 cm³/mol. The molecule has 7 heteroatoms. The van der Waals surface area contributed by atoms with Gasteiger partial charge in [0.2, 0.25) is 0 Å². The number of piperidine rings is 1. The Balaban J connectivity index is 1.57. The minimum absolute atomic E-state index is 0.104. The lowest BCUT2D eigenvalue weighted by Crippen LogP contribution is -2.38. The SMILES string of the molecule is CCN(C)C(=O)c1ccc(CSc2nc(-c3ccccc3)cc(N3CCCCC3C)n2)o1. The number of rotatable bonds is 7. The van der Waals surface area contributed by atoms with Crippen LogP contribution in [0.25, 0.3) is 11.3 Å². The Hall–Kier alpha value is -2.80. The Morgan fingerprint density at radius 2 is 2.00 bits per heavy atom. The molecule has 0 N–H and O–H groups in total. The molecular weight excluding hydrogens is 420 g/mol. The number of carbonyl (C=O) groups is 1. The highest BCUT2D eigenvalue weighted by molar-refractivity contribution is 7.98. The molecule has 1 atom stereocenters. The average molecular weight is 451 g/mol. The topological polar surface area (TPSA) is 62.5 Å². The third kappa shape index (κ3) is 5.15. The van der Waals surface area contributed by atoms with Crippen molar-refractivity contribution in [3.63, 3.8) is 0 Å². The number of hydrogen-bond acceptors (Lipinski definition) is 6. The van der Waals surface area contributed by atoms with E-state index in [9.17, 15) is 4.79 Å². The van der Waals surface area contributed by atoms with Gasteiger partial charge >= 0.3 is 0 Å². The predicted octanol–water partition coefficient (Wildman–Crippen LogP) is 5.50. The maximum Gasteiger partial charge on any atom is 0.289 e. The number of hydrogen-bond donors (Lipinski definition) is 0. The molecule has 1 saturated heterocycles. The van der Waals surface area contributed by atoms with E-state index < -0.39 is 0 Å². The van der Waals surface area contributed by atoms with Crippen molar-refractivity contribution < 1.29 is 9.21 Å². The standard InChI is InChI=1S/C25H30N4O2S/c1-4-28(3)24(30)22-14-13-20(31-22)17-32-25-26-21(19-11-6-5-7-12-19)16-23(27-25)29-15-9-8-10-18(29)2/h5-7,11-14,16,18H,4,8-10,15,17H2,1-3H3. The fourth-order valence-electron chi connectivity index (χ4n) is 3.86. The lowest BCUT2D eigenvalue weighted by molar-refractivity contribution is 0.0769. The van der Waals surface area contributed by atoms with E-state index in [1.807, 2.05) is 31.2 Å². The molecule has 0 saturated carbocycles. The van der Waals surface area contributed by atoms with Gasteiger partial charge in [-0.15, -0.1) is 0 Å². The number of nitrogens with zero attached hydrogens (tertiary/aromatic N) is 4. The summed E-state index contributed by atoms with van der Waals surface area (Å²) in [6, 6.07) is 16.4. The third-order valence-corrected chi connectivity index (χ3v) is 6.77. The van der Waals surface area contributed by atoms with Crippen molar-refractivity contribution in [1.29, 1.82) is 0 Å². The van der Waals surface area contributed by atoms with Crippen LogP contribution in [0.1, 0.15) is 49.4 Å². The van der Waals surface area contributed by atoms with Crippen LogP contribution in [0.15, 0.2) is 58.1 Å². The van der Waals surface area contributed by atoms with E-state index in [0.717, 1.165) is 29.4 Å². The molecule has 1 fully saturated rings. The molecule has 4 rings (SSSR count). The summed E-state index contributed by atoms with van der Waals surface area (Å²) >= 11 is 1.53. The van der Waals surface area contributed by atoms with Crippen molar-refractivity contribution in [3.05, 3.63) is 60.1 Å². The number of furan rings is 1. The molecule has 2 aromatic heterocycles. The van der Waals surface area contributed by atoms with Crippen molar-refractivity contribution in [2.24, 2.45) is 0 Å². The van der Waals surface area contributed by atoms with Crippen LogP contribution in [0.2, 0.25) is 0 Å². The number of aromatic nitrogens is 2. The van der Waals surface area contributed by atoms with Gasteiger partial charge in [-0.1, -0.05) is 42.1 Å². The molecule has 0 aliphatic carbocycles. The largest absolute Gasteiger partial charge is 0.455 e. The second-order valence-corrected chi connectivity index (χ2v) is 9.11. The van der Waals surface area contributed by atoms with Crippen LogP contribution in [-0.4, -0.2) is 47.0 Å². The molecule has 1 aliphatic heterocycles. The van der Waals surface area contributed by atoms with Gasteiger partial charge in [0.15, 0.2) is 10.9 Å². The molecule has 168 valence electrons. The van der Waals surface area contributed by atoms with Gasteiger partial charge in [0.25, 0.3) is 5.91 Å². The van der Waals surface area contributed by atoms with Crippen molar-refractivity contribution in [1.82, 2.24) is 14.9 Å². The van der Waals surface area contributed by atoms with Crippen molar-refractivity contribution >= 4 is 23.5 Å². The Kier molecular flexibility index (Phi) is 7.15. The molecular formula is C25H30N4O2S. The van der Waals surface area contributed by atoms with Crippen LogP contribution in [0.4, 0.5) is 5.82 Å². The minimum Gasteiger partial charge on any atom is -0.455 e. The van der Waals surface area contributed by atoms with Crippen molar-refractivity contribution in [2.45, 2.75) is 50.1 Å². The Morgan fingerprint density at radius 3 is 2.75 bits per heavy atom. The minimum atomic E-state index is -0.104. The molecule has 32 heavy (non-hydrogen) atoms. The smallest absolute Gasteiger partial charge is 0.289 e. The quantitative estimate of drug-likeness (QED) is 0.350. The van der Waals surface area contributed by atoms with Crippen LogP contribution >= 0.6 is 11.8 Å². The van der Waals surface area contributed by atoms with Gasteiger partial charge in [-0.05, 0) is 45.2 Å². The molecule has 1 aromatic carbocycles. The first-order chi connectivity index (χ1) is 15.5. The zero-order valence-electron chi connectivity index (χ0n) is 19.0. The van der Waals surface area contributed by atoms with Crippen LogP contribution in [-0.2, 0) is 5.75 Å². The van der Waals surface area contributed by atoms with Gasteiger partial charge in [0.05, 0.1) is 11.4 Å². The number of amides is 1. The van der Waals surface area contributed by atoms with Crippen molar-refractivity contribution in [2.75, 3.05) is 25.0 Å². The second kappa shape index (κ2) is 10.2. The highest BCUT2D eigenvalue weighted by Gasteiger charge is 2.22.